The second-order valence-electron chi connectivity index (χ2n) is 9.17. The Labute approximate surface area is 229 Å². The molecule has 0 aliphatic carbocycles. The number of anilines is 1. The molecule has 18 heteroatoms. The molecule has 2 heterocycles. The number of carbonyl (C=O) groups excluding carboxylic acids is 4. The minimum Gasteiger partial charge on any atom is -0.477 e. The Morgan fingerprint density at radius 2 is 1.80 bits per heavy atom. The fourth-order valence-electron chi connectivity index (χ4n) is 4.01. The Morgan fingerprint density at radius 3 is 2.41 bits per heavy atom. The minimum atomic E-state index is -5.74. The molecule has 0 saturated carbocycles. The number of carbonyl (C=O) groups is 5. The van der Waals surface area contributed by atoms with Crippen molar-refractivity contribution >= 4 is 35.3 Å². The van der Waals surface area contributed by atoms with Crippen molar-refractivity contribution in [3.8, 4) is 0 Å². The van der Waals surface area contributed by atoms with E-state index in [4.69, 9.17) is 5.11 Å². The van der Waals surface area contributed by atoms with E-state index in [1.165, 1.54) is 19.2 Å². The highest BCUT2D eigenvalue weighted by molar-refractivity contribution is 6.05. The van der Waals surface area contributed by atoms with Crippen molar-refractivity contribution < 1.29 is 46.6 Å². The number of H-pyrrole nitrogens is 1. The second kappa shape index (κ2) is 12.3. The average Bonchev–Trinajstić information content (AvgIpc) is 3.60. The second-order valence-corrected chi connectivity index (χ2v) is 9.17. The number of aromatic amines is 1. The summed E-state index contributed by atoms with van der Waals surface area (Å²) < 4.78 is 54.9. The number of fused-ring (bicyclic) bond motifs is 1. The molecule has 1 aliphatic heterocycles. The van der Waals surface area contributed by atoms with E-state index in [0.717, 1.165) is 4.90 Å². The van der Waals surface area contributed by atoms with E-state index in [2.05, 4.69) is 31.3 Å². The van der Waals surface area contributed by atoms with E-state index >= 15 is 0 Å². The van der Waals surface area contributed by atoms with Crippen LogP contribution in [0.1, 0.15) is 31.7 Å². The third kappa shape index (κ3) is 6.41. The molecule has 0 radical (unpaired) electrons. The number of aromatic nitrogens is 4. The number of hydrogen-bond acceptors (Lipinski definition) is 8. The topological polar surface area (TPSA) is 199 Å². The summed E-state index contributed by atoms with van der Waals surface area (Å²) in [6, 6.07) is 3.74. The lowest BCUT2D eigenvalue weighted by atomic mass is 9.97. The van der Waals surface area contributed by atoms with Crippen molar-refractivity contribution in [2.24, 2.45) is 5.92 Å². The van der Waals surface area contributed by atoms with Crippen molar-refractivity contribution in [2.75, 3.05) is 11.4 Å². The number of nitrogens with zero attached hydrogens (tertiary/aromatic N) is 4. The molecule has 1 aromatic carbocycles. The summed E-state index contributed by atoms with van der Waals surface area (Å²) in [6.07, 6.45) is 0.238. The summed E-state index contributed by atoms with van der Waals surface area (Å²) in [5, 5.41) is 27.7. The molecule has 2 aromatic rings. The largest absolute Gasteiger partial charge is 0.477 e. The molecule has 0 bridgehead atoms. The molecule has 1 aromatic heterocycles. The van der Waals surface area contributed by atoms with Gasteiger partial charge < -0.3 is 21.1 Å². The zero-order chi connectivity index (χ0) is 30.5. The first-order valence-electron chi connectivity index (χ1n) is 12.2. The van der Waals surface area contributed by atoms with Gasteiger partial charge in [0.1, 0.15) is 12.1 Å². The smallest absolute Gasteiger partial charge is 0.413 e. The van der Waals surface area contributed by atoms with Crippen LogP contribution in [0.4, 0.5) is 23.2 Å². The lowest BCUT2D eigenvalue weighted by Gasteiger charge is -2.28. The van der Waals surface area contributed by atoms with Crippen molar-refractivity contribution in [3.63, 3.8) is 0 Å². The third-order valence-corrected chi connectivity index (χ3v) is 6.50. The molecule has 1 aliphatic rings. The summed E-state index contributed by atoms with van der Waals surface area (Å²) in [7, 11) is 0. The van der Waals surface area contributed by atoms with E-state index in [-0.39, 0.29) is 25.2 Å². The van der Waals surface area contributed by atoms with Gasteiger partial charge in [0.25, 0.3) is 5.91 Å². The van der Waals surface area contributed by atoms with Crippen LogP contribution in [0.3, 0.4) is 0 Å². The first-order valence-corrected chi connectivity index (χ1v) is 12.2. The van der Waals surface area contributed by atoms with E-state index in [1.54, 1.807) is 24.3 Å². The van der Waals surface area contributed by atoms with Gasteiger partial charge in [0.05, 0.1) is 13.1 Å². The highest BCUT2D eigenvalue weighted by Crippen LogP contribution is 2.35. The Bertz CT molecular complexity index is 1310. The van der Waals surface area contributed by atoms with Gasteiger partial charge in [-0.1, -0.05) is 43.7 Å². The molecule has 3 rings (SSSR count). The minimum absolute atomic E-state index is 0.0945. The summed E-state index contributed by atoms with van der Waals surface area (Å²) in [5.74, 6) is -20.5. The number of hydrogen-bond donors (Lipinski definition) is 5. The SMILES string of the molecule is CC[C@H](C)[C@H](NC(=O)C(F)(F)C(F)(F)C(=O)O)C(=O)NCC(=O)N1c2ccccc2C[C@H]1C(=O)NCc1nn[nH]n1. The Kier molecular flexibility index (Phi) is 9.24. The maximum absolute atomic E-state index is 14.0. The number of carboxylic acids is 1. The maximum atomic E-state index is 14.0. The zero-order valence-corrected chi connectivity index (χ0v) is 21.7. The molecule has 4 amide bonds. The molecule has 5 N–H and O–H groups in total. The van der Waals surface area contributed by atoms with Crippen LogP contribution in [0.5, 0.6) is 0 Å². The fourth-order valence-corrected chi connectivity index (χ4v) is 4.01. The highest BCUT2D eigenvalue weighted by Gasteiger charge is 2.67. The Balaban J connectivity index is 1.73. The maximum Gasteiger partial charge on any atom is 0.413 e. The lowest BCUT2D eigenvalue weighted by Crippen LogP contribution is -2.61. The number of tetrazole rings is 1. The van der Waals surface area contributed by atoms with Gasteiger partial charge in [0.2, 0.25) is 17.7 Å². The van der Waals surface area contributed by atoms with Crippen LogP contribution in [0.25, 0.3) is 0 Å². The summed E-state index contributed by atoms with van der Waals surface area (Å²) in [6.45, 7) is 2.01. The van der Waals surface area contributed by atoms with Gasteiger partial charge in [0.15, 0.2) is 5.82 Å². The van der Waals surface area contributed by atoms with Crippen LogP contribution < -0.4 is 20.9 Å². The van der Waals surface area contributed by atoms with Crippen LogP contribution in [-0.4, -0.2) is 85.8 Å². The van der Waals surface area contributed by atoms with Gasteiger partial charge in [-0.25, -0.2) is 4.79 Å². The van der Waals surface area contributed by atoms with Gasteiger partial charge in [-0.3, -0.25) is 24.1 Å². The van der Waals surface area contributed by atoms with Crippen molar-refractivity contribution in [1.82, 2.24) is 36.6 Å². The number of nitrogens with one attached hydrogen (secondary N) is 4. The number of benzene rings is 1. The van der Waals surface area contributed by atoms with Crippen molar-refractivity contribution in [3.05, 3.63) is 35.7 Å². The quantitative estimate of drug-likeness (QED) is 0.209. The van der Waals surface area contributed by atoms with Crippen molar-refractivity contribution in [1.29, 1.82) is 0 Å². The molecule has 0 spiro atoms. The van der Waals surface area contributed by atoms with Gasteiger partial charge in [0, 0.05) is 12.1 Å². The van der Waals surface area contributed by atoms with Gasteiger partial charge in [-0.05, 0) is 17.5 Å². The van der Waals surface area contributed by atoms with Crippen LogP contribution in [0, 0.1) is 5.92 Å². The number of alkyl halides is 4. The summed E-state index contributed by atoms with van der Waals surface area (Å²) >= 11 is 0. The standard InChI is InChI=1S/C23H26F4N8O6/c1-3-11(2)17(30-20(39)22(24,25)23(26,27)21(40)41)19(38)29-10-16(36)35-13-7-5-4-6-12(13)8-14(35)18(37)28-9-15-31-33-34-32-15/h4-7,11,14,17H,3,8-10H2,1-2H3,(H,28,37)(H,29,38)(H,30,39)(H,40,41)(H,31,32,33,34)/t11-,14-,17-/m0/s1. The number of rotatable bonds is 12. The first kappa shape index (κ1) is 30.9. The van der Waals surface area contributed by atoms with E-state index in [9.17, 15) is 41.5 Å². The molecule has 0 saturated heterocycles. The Hall–Kier alpha value is -4.64. The van der Waals surface area contributed by atoms with E-state index in [1.807, 2.05) is 0 Å². The number of amides is 4. The molecular formula is C23H26F4N8O6. The number of carboxylic acid groups (broad SMARTS) is 1. The fraction of sp³-hybridized carbons (Fsp3) is 0.478. The third-order valence-electron chi connectivity index (χ3n) is 6.50. The van der Waals surface area contributed by atoms with Gasteiger partial charge in [-0.2, -0.15) is 22.8 Å². The van der Waals surface area contributed by atoms with Crippen molar-refractivity contribution in [2.45, 2.75) is 57.2 Å². The molecule has 0 fully saturated rings. The number of halogens is 4. The molecule has 3 atom stereocenters. The number of aliphatic carboxylic acids is 1. The predicted octanol–water partition coefficient (Wildman–Crippen LogP) is -0.224. The van der Waals surface area contributed by atoms with E-state index < -0.39 is 66.0 Å². The lowest BCUT2D eigenvalue weighted by molar-refractivity contribution is -0.222. The molecular weight excluding hydrogens is 560 g/mol. The van der Waals surface area contributed by atoms with Gasteiger partial charge in [-0.15, -0.1) is 10.2 Å². The predicted molar refractivity (Wildman–Crippen MR) is 129 cm³/mol. The normalized spacial score (nSPS) is 16.3. The van der Waals surface area contributed by atoms with Gasteiger partial charge >= 0.3 is 17.8 Å². The molecule has 14 nitrogen and oxygen atoms in total. The highest BCUT2D eigenvalue weighted by atomic mass is 19.3. The Morgan fingerprint density at radius 1 is 1.12 bits per heavy atom. The van der Waals surface area contributed by atoms with Crippen LogP contribution in [0.15, 0.2) is 24.3 Å². The first-order chi connectivity index (χ1) is 19.2. The molecule has 41 heavy (non-hydrogen) atoms. The van der Waals surface area contributed by atoms with E-state index in [0.29, 0.717) is 11.3 Å². The summed E-state index contributed by atoms with van der Waals surface area (Å²) in [5.41, 5.74) is 1.03. The summed E-state index contributed by atoms with van der Waals surface area (Å²) in [4.78, 5) is 62.7. The zero-order valence-electron chi connectivity index (χ0n) is 21.7. The van der Waals surface area contributed by atoms with Crippen LogP contribution in [-0.2, 0) is 36.9 Å². The molecule has 0 unspecified atom stereocenters. The number of para-hydroxylation sites is 1. The monoisotopic (exact) mass is 586 g/mol. The van der Waals surface area contributed by atoms with Crippen LogP contribution >= 0.6 is 0 Å². The van der Waals surface area contributed by atoms with Crippen LogP contribution in [0.2, 0.25) is 0 Å². The molecule has 222 valence electrons. The average molecular weight is 587 g/mol.